The van der Waals surface area contributed by atoms with Crippen molar-refractivity contribution in [3.63, 3.8) is 0 Å². The molecule has 0 aliphatic rings. The van der Waals surface area contributed by atoms with E-state index in [4.69, 9.17) is 0 Å². The van der Waals surface area contributed by atoms with E-state index in [0.717, 1.165) is 0 Å². The highest BCUT2D eigenvalue weighted by atomic mass is 32.1. The topological polar surface area (TPSA) is 17.8 Å². The van der Waals surface area contributed by atoms with E-state index in [-0.39, 0.29) is 0 Å². The third kappa shape index (κ3) is 2.22. The number of nitrogens with zero attached hydrogens (tertiary/aromatic N) is 2. The lowest BCUT2D eigenvalue weighted by Crippen LogP contribution is -1.86. The molecule has 0 spiro atoms. The number of aromatic nitrogens is 2. The van der Waals surface area contributed by atoms with Crippen LogP contribution in [0.15, 0.2) is 42.9 Å². The fourth-order valence-corrected chi connectivity index (χ4v) is 3.43. The molecule has 0 amide bonds. The Morgan fingerprint density at radius 2 is 1.84 bits per heavy atom. The maximum atomic E-state index is 4.19. The third-order valence-electron chi connectivity index (χ3n) is 3.30. The van der Waals surface area contributed by atoms with Gasteiger partial charge in [0.05, 0.1) is 23.1 Å². The summed E-state index contributed by atoms with van der Waals surface area (Å²) in [5, 5.41) is 0. The molecule has 0 bridgehead atoms. The van der Waals surface area contributed by atoms with Crippen molar-refractivity contribution in [1.29, 1.82) is 0 Å². The van der Waals surface area contributed by atoms with Crippen molar-refractivity contribution in [3.8, 4) is 21.0 Å². The van der Waals surface area contributed by atoms with Crippen LogP contribution in [0.1, 0.15) is 11.1 Å². The van der Waals surface area contributed by atoms with Gasteiger partial charge in [-0.2, -0.15) is 0 Å². The SMILES string of the molecule is Cc1ccc(-c2sc(-c3cncn3C)cc2C)cc1. The number of aryl methyl sites for hydroxylation is 3. The van der Waals surface area contributed by atoms with E-state index in [9.17, 15) is 0 Å². The fraction of sp³-hybridized carbons (Fsp3) is 0.188. The average molecular weight is 268 g/mol. The highest BCUT2D eigenvalue weighted by Gasteiger charge is 2.11. The summed E-state index contributed by atoms with van der Waals surface area (Å²) in [5.74, 6) is 0. The van der Waals surface area contributed by atoms with Crippen molar-refractivity contribution in [1.82, 2.24) is 9.55 Å². The standard InChI is InChI=1S/C16H16N2S/c1-11-4-6-13(7-5-11)16-12(2)8-15(19-16)14-9-17-10-18(14)3/h4-10H,1-3H3. The molecule has 0 aliphatic carbocycles. The Morgan fingerprint density at radius 3 is 2.47 bits per heavy atom. The molecule has 3 aromatic rings. The normalized spacial score (nSPS) is 10.9. The first-order valence-electron chi connectivity index (χ1n) is 6.29. The molecule has 2 heterocycles. The van der Waals surface area contributed by atoms with Gasteiger partial charge >= 0.3 is 0 Å². The number of hydrogen-bond donors (Lipinski definition) is 0. The van der Waals surface area contributed by atoms with Crippen LogP contribution in [-0.2, 0) is 7.05 Å². The summed E-state index contributed by atoms with van der Waals surface area (Å²) < 4.78 is 2.06. The second kappa shape index (κ2) is 4.67. The number of thiophene rings is 1. The molecule has 2 nitrogen and oxygen atoms in total. The lowest BCUT2D eigenvalue weighted by atomic mass is 10.1. The summed E-state index contributed by atoms with van der Waals surface area (Å²) >= 11 is 1.83. The van der Waals surface area contributed by atoms with E-state index in [1.807, 2.05) is 30.9 Å². The molecule has 3 rings (SSSR count). The Balaban J connectivity index is 2.07. The molecule has 0 unspecified atom stereocenters. The molecule has 2 aromatic heterocycles. The Labute approximate surface area is 117 Å². The van der Waals surface area contributed by atoms with Crippen LogP contribution in [0.3, 0.4) is 0 Å². The molecule has 0 saturated heterocycles. The maximum absolute atomic E-state index is 4.19. The zero-order chi connectivity index (χ0) is 13.4. The van der Waals surface area contributed by atoms with Gasteiger partial charge in [0.2, 0.25) is 0 Å². The van der Waals surface area contributed by atoms with Gasteiger partial charge in [0.1, 0.15) is 0 Å². The van der Waals surface area contributed by atoms with Crippen LogP contribution in [-0.4, -0.2) is 9.55 Å². The smallest absolute Gasteiger partial charge is 0.0948 e. The molecule has 0 radical (unpaired) electrons. The van der Waals surface area contributed by atoms with E-state index >= 15 is 0 Å². The van der Waals surface area contributed by atoms with Gasteiger partial charge in [0, 0.05) is 11.9 Å². The predicted molar refractivity (Wildman–Crippen MR) is 81.4 cm³/mol. The van der Waals surface area contributed by atoms with Crippen molar-refractivity contribution in [2.24, 2.45) is 7.05 Å². The summed E-state index contributed by atoms with van der Waals surface area (Å²) in [6.45, 7) is 4.29. The Bertz CT molecular complexity index is 705. The largest absolute Gasteiger partial charge is 0.333 e. The number of imidazole rings is 1. The lowest BCUT2D eigenvalue weighted by molar-refractivity contribution is 0.923. The van der Waals surface area contributed by atoms with E-state index in [2.05, 4.69) is 53.7 Å². The molecule has 3 heteroatoms. The Morgan fingerprint density at radius 1 is 1.11 bits per heavy atom. The van der Waals surface area contributed by atoms with Crippen molar-refractivity contribution in [2.75, 3.05) is 0 Å². The minimum absolute atomic E-state index is 1.17. The van der Waals surface area contributed by atoms with Crippen LogP contribution in [0.4, 0.5) is 0 Å². The van der Waals surface area contributed by atoms with E-state index < -0.39 is 0 Å². The first kappa shape index (κ1) is 12.2. The van der Waals surface area contributed by atoms with Gasteiger partial charge in [-0.1, -0.05) is 29.8 Å². The molecule has 0 saturated carbocycles. The molecular weight excluding hydrogens is 252 g/mol. The van der Waals surface area contributed by atoms with Crippen LogP contribution in [0.25, 0.3) is 21.0 Å². The summed E-state index contributed by atoms with van der Waals surface area (Å²) in [6, 6.07) is 11.0. The molecule has 19 heavy (non-hydrogen) atoms. The minimum atomic E-state index is 1.17. The number of hydrogen-bond acceptors (Lipinski definition) is 2. The van der Waals surface area contributed by atoms with Crippen LogP contribution in [0.5, 0.6) is 0 Å². The summed E-state index contributed by atoms with van der Waals surface area (Å²) in [6.07, 6.45) is 3.76. The van der Waals surface area contributed by atoms with Crippen molar-refractivity contribution in [2.45, 2.75) is 13.8 Å². The highest BCUT2D eigenvalue weighted by Crippen LogP contribution is 2.37. The first-order valence-corrected chi connectivity index (χ1v) is 7.11. The van der Waals surface area contributed by atoms with Gasteiger partial charge in [-0.3, -0.25) is 0 Å². The molecule has 0 aliphatic heterocycles. The average Bonchev–Trinajstić information content (AvgIpc) is 2.96. The maximum Gasteiger partial charge on any atom is 0.0948 e. The minimum Gasteiger partial charge on any atom is -0.333 e. The van der Waals surface area contributed by atoms with Gasteiger partial charge < -0.3 is 4.57 Å². The highest BCUT2D eigenvalue weighted by molar-refractivity contribution is 7.19. The Kier molecular flexibility index (Phi) is 2.99. The van der Waals surface area contributed by atoms with Gasteiger partial charge in [0.25, 0.3) is 0 Å². The summed E-state index contributed by atoms with van der Waals surface area (Å²) in [4.78, 5) is 6.81. The predicted octanol–water partition coefficient (Wildman–Crippen LogP) is 4.43. The summed E-state index contributed by atoms with van der Waals surface area (Å²) in [7, 11) is 2.03. The molecule has 0 atom stereocenters. The lowest BCUT2D eigenvalue weighted by Gasteiger charge is -2.00. The quantitative estimate of drug-likeness (QED) is 0.672. The number of rotatable bonds is 2. The monoisotopic (exact) mass is 268 g/mol. The van der Waals surface area contributed by atoms with E-state index in [1.54, 1.807) is 0 Å². The van der Waals surface area contributed by atoms with Crippen LogP contribution >= 0.6 is 11.3 Å². The molecule has 1 aromatic carbocycles. The van der Waals surface area contributed by atoms with Gasteiger partial charge in [-0.05, 0) is 31.0 Å². The van der Waals surface area contributed by atoms with Gasteiger partial charge in [-0.25, -0.2) is 4.98 Å². The zero-order valence-electron chi connectivity index (χ0n) is 11.3. The molecule has 0 N–H and O–H groups in total. The van der Waals surface area contributed by atoms with Crippen molar-refractivity contribution < 1.29 is 0 Å². The second-order valence-electron chi connectivity index (χ2n) is 4.88. The first-order chi connectivity index (χ1) is 9.15. The Hall–Kier alpha value is -1.87. The van der Waals surface area contributed by atoms with E-state index in [0.29, 0.717) is 0 Å². The second-order valence-corrected chi connectivity index (χ2v) is 5.93. The van der Waals surface area contributed by atoms with Gasteiger partial charge in [0.15, 0.2) is 0 Å². The molecular formula is C16H16N2S. The third-order valence-corrected chi connectivity index (χ3v) is 4.61. The molecule has 0 fully saturated rings. The number of benzene rings is 1. The zero-order valence-corrected chi connectivity index (χ0v) is 12.2. The van der Waals surface area contributed by atoms with Crippen LogP contribution in [0, 0.1) is 13.8 Å². The van der Waals surface area contributed by atoms with E-state index in [1.165, 1.54) is 32.1 Å². The van der Waals surface area contributed by atoms with Crippen molar-refractivity contribution >= 4 is 11.3 Å². The summed E-state index contributed by atoms with van der Waals surface area (Å²) in [5.41, 5.74) is 5.09. The molecule has 96 valence electrons. The van der Waals surface area contributed by atoms with Crippen LogP contribution < -0.4 is 0 Å². The van der Waals surface area contributed by atoms with Gasteiger partial charge in [-0.15, -0.1) is 11.3 Å². The fourth-order valence-electron chi connectivity index (χ4n) is 2.19. The van der Waals surface area contributed by atoms with Crippen molar-refractivity contribution in [3.05, 3.63) is 54.0 Å². The van der Waals surface area contributed by atoms with Crippen LogP contribution in [0.2, 0.25) is 0 Å².